The molecule has 8 heteroatoms. The van der Waals surface area contributed by atoms with E-state index in [9.17, 15) is 9.59 Å². The highest BCUT2D eigenvalue weighted by Gasteiger charge is 2.49. The van der Waals surface area contributed by atoms with E-state index in [-0.39, 0.29) is 24.3 Å². The van der Waals surface area contributed by atoms with Gasteiger partial charge in [-0.1, -0.05) is 24.3 Å². The highest BCUT2D eigenvalue weighted by molar-refractivity contribution is 5.77. The molecule has 31 heavy (non-hydrogen) atoms. The number of likely N-dealkylation sites (tertiary alicyclic amines) is 2. The Morgan fingerprint density at radius 3 is 2.48 bits per heavy atom. The average Bonchev–Trinajstić information content (AvgIpc) is 3.41. The third-order valence-electron chi connectivity index (χ3n) is 6.39. The number of amides is 2. The minimum absolute atomic E-state index is 0.0647. The van der Waals surface area contributed by atoms with Crippen molar-refractivity contribution in [2.24, 2.45) is 11.8 Å². The third-order valence-corrected chi connectivity index (χ3v) is 6.39. The van der Waals surface area contributed by atoms with Gasteiger partial charge in [0.05, 0.1) is 6.04 Å². The van der Waals surface area contributed by atoms with Crippen molar-refractivity contribution in [3.05, 3.63) is 53.3 Å². The molecule has 2 aliphatic heterocycles. The number of carbonyl (C=O) groups excluding carboxylic acids is 2. The van der Waals surface area contributed by atoms with Gasteiger partial charge >= 0.3 is 0 Å². The Morgan fingerprint density at radius 1 is 1.16 bits per heavy atom. The van der Waals surface area contributed by atoms with E-state index in [4.69, 9.17) is 9.90 Å². The Hall–Kier alpha value is -3.16. The SMILES string of the molecule is CC(=O)N1C[C@H]2CN(C(=O)CCn3nccc3C)C[C@H]2[C@@H]1c1ccccc1C.O=CO. The molecule has 0 saturated carbocycles. The molecule has 3 heterocycles. The average molecular weight is 427 g/mol. The van der Waals surface area contributed by atoms with Crippen LogP contribution in [0.3, 0.4) is 0 Å². The van der Waals surface area contributed by atoms with Crippen LogP contribution in [-0.2, 0) is 20.9 Å². The number of hydrogen-bond acceptors (Lipinski definition) is 4. The Balaban J connectivity index is 0.000000858. The molecule has 1 aromatic heterocycles. The van der Waals surface area contributed by atoms with Gasteiger partial charge in [0, 0.05) is 63.3 Å². The fourth-order valence-electron chi connectivity index (χ4n) is 4.88. The highest BCUT2D eigenvalue weighted by Crippen LogP contribution is 2.45. The van der Waals surface area contributed by atoms with Gasteiger partial charge in [-0.2, -0.15) is 5.10 Å². The van der Waals surface area contributed by atoms with E-state index in [0.717, 1.165) is 25.3 Å². The molecule has 0 spiro atoms. The van der Waals surface area contributed by atoms with Gasteiger partial charge in [0.2, 0.25) is 11.8 Å². The second kappa shape index (κ2) is 9.76. The molecule has 2 saturated heterocycles. The summed E-state index contributed by atoms with van der Waals surface area (Å²) in [4.78, 5) is 37.5. The molecular weight excluding hydrogens is 396 g/mol. The van der Waals surface area contributed by atoms with Crippen molar-refractivity contribution in [2.75, 3.05) is 19.6 Å². The number of aromatic nitrogens is 2. The van der Waals surface area contributed by atoms with Crippen molar-refractivity contribution in [3.63, 3.8) is 0 Å². The summed E-state index contributed by atoms with van der Waals surface area (Å²) in [6.45, 7) is 8.33. The summed E-state index contributed by atoms with van der Waals surface area (Å²) in [6, 6.07) is 10.3. The first-order valence-corrected chi connectivity index (χ1v) is 10.5. The van der Waals surface area contributed by atoms with Crippen LogP contribution in [0.2, 0.25) is 0 Å². The lowest BCUT2D eigenvalue weighted by Crippen LogP contribution is -2.37. The van der Waals surface area contributed by atoms with Gasteiger partial charge in [-0.25, -0.2) is 0 Å². The van der Waals surface area contributed by atoms with Crippen LogP contribution >= 0.6 is 0 Å². The molecule has 4 rings (SSSR count). The third kappa shape index (κ3) is 4.78. The van der Waals surface area contributed by atoms with Crippen LogP contribution in [0.25, 0.3) is 0 Å². The van der Waals surface area contributed by atoms with Crippen LogP contribution in [0.15, 0.2) is 36.5 Å². The number of carbonyl (C=O) groups is 3. The van der Waals surface area contributed by atoms with E-state index in [1.54, 1.807) is 13.1 Å². The monoisotopic (exact) mass is 426 g/mol. The second-order valence-corrected chi connectivity index (χ2v) is 8.25. The van der Waals surface area contributed by atoms with Crippen LogP contribution in [0, 0.1) is 25.7 Å². The van der Waals surface area contributed by atoms with Gasteiger partial charge in [0.15, 0.2) is 0 Å². The lowest BCUT2D eigenvalue weighted by Gasteiger charge is -2.30. The second-order valence-electron chi connectivity index (χ2n) is 8.25. The summed E-state index contributed by atoms with van der Waals surface area (Å²) in [5, 5.41) is 11.2. The van der Waals surface area contributed by atoms with E-state index in [0.29, 0.717) is 24.8 Å². The largest absolute Gasteiger partial charge is 0.483 e. The van der Waals surface area contributed by atoms with Crippen molar-refractivity contribution >= 4 is 18.3 Å². The molecule has 0 unspecified atom stereocenters. The number of nitrogens with zero attached hydrogens (tertiary/aromatic N) is 4. The van der Waals surface area contributed by atoms with E-state index in [1.807, 2.05) is 39.6 Å². The molecule has 2 fully saturated rings. The standard InChI is InChI=1S/C22H28N4O2.CH2O2/c1-15-6-4-5-7-19(15)22-20-14-24(12-18(20)13-25(22)17(3)27)21(28)9-11-26-16(2)8-10-23-26;2-1-3/h4-8,10,18,20,22H,9,11-14H2,1-3H3;1H,(H,2,3)/t18-,20-,22+;/m1./s1. The van der Waals surface area contributed by atoms with Crippen molar-refractivity contribution in [1.29, 1.82) is 0 Å². The summed E-state index contributed by atoms with van der Waals surface area (Å²) in [5.41, 5.74) is 3.49. The molecule has 8 nitrogen and oxygen atoms in total. The smallest absolute Gasteiger partial charge is 0.290 e. The number of benzene rings is 1. The molecule has 2 aliphatic rings. The first kappa shape index (κ1) is 22.5. The van der Waals surface area contributed by atoms with Gasteiger partial charge in [-0.3, -0.25) is 19.1 Å². The quantitative estimate of drug-likeness (QED) is 0.757. The molecule has 2 aromatic rings. The maximum Gasteiger partial charge on any atom is 0.290 e. The molecule has 3 atom stereocenters. The Bertz CT molecular complexity index is 941. The molecule has 1 N–H and O–H groups in total. The molecule has 2 amide bonds. The van der Waals surface area contributed by atoms with Gasteiger partial charge in [0.1, 0.15) is 0 Å². The molecule has 0 bridgehead atoms. The minimum Gasteiger partial charge on any atom is -0.483 e. The lowest BCUT2D eigenvalue weighted by molar-refractivity contribution is -0.132. The van der Waals surface area contributed by atoms with Crippen LogP contribution < -0.4 is 0 Å². The normalized spacial score (nSPS) is 22.0. The number of aryl methyl sites for hydroxylation is 3. The van der Waals surface area contributed by atoms with Crippen LogP contribution in [0.4, 0.5) is 0 Å². The predicted molar refractivity (Wildman–Crippen MR) is 115 cm³/mol. The van der Waals surface area contributed by atoms with Gasteiger partial charge in [-0.05, 0) is 31.0 Å². The molecule has 166 valence electrons. The number of fused-ring (bicyclic) bond motifs is 1. The Kier molecular flexibility index (Phi) is 7.09. The van der Waals surface area contributed by atoms with E-state index in [1.165, 1.54) is 11.1 Å². The Morgan fingerprint density at radius 2 is 1.87 bits per heavy atom. The summed E-state index contributed by atoms with van der Waals surface area (Å²) >= 11 is 0. The maximum atomic E-state index is 12.8. The molecular formula is C23H30N4O4. The van der Waals surface area contributed by atoms with Gasteiger partial charge < -0.3 is 14.9 Å². The number of hydrogen-bond donors (Lipinski definition) is 1. The fraction of sp³-hybridized carbons (Fsp3) is 0.478. The number of carboxylic acid groups (broad SMARTS) is 1. The topological polar surface area (TPSA) is 95.7 Å². The molecule has 1 aromatic carbocycles. The summed E-state index contributed by atoms with van der Waals surface area (Å²) in [6.07, 6.45) is 2.23. The summed E-state index contributed by atoms with van der Waals surface area (Å²) < 4.78 is 1.88. The van der Waals surface area contributed by atoms with Crippen molar-refractivity contribution < 1.29 is 19.5 Å². The summed E-state index contributed by atoms with van der Waals surface area (Å²) in [5.74, 6) is 0.959. The first-order valence-electron chi connectivity index (χ1n) is 10.5. The van der Waals surface area contributed by atoms with Crippen LogP contribution in [0.5, 0.6) is 0 Å². The highest BCUT2D eigenvalue weighted by atomic mass is 16.3. The zero-order chi connectivity index (χ0) is 22.5. The van der Waals surface area contributed by atoms with E-state index < -0.39 is 0 Å². The molecule has 0 aliphatic carbocycles. The van der Waals surface area contributed by atoms with E-state index in [2.05, 4.69) is 24.2 Å². The van der Waals surface area contributed by atoms with E-state index >= 15 is 0 Å². The van der Waals surface area contributed by atoms with Crippen molar-refractivity contribution in [3.8, 4) is 0 Å². The predicted octanol–water partition coefficient (Wildman–Crippen LogP) is 2.27. The lowest BCUT2D eigenvalue weighted by atomic mass is 9.87. The van der Waals surface area contributed by atoms with Crippen molar-refractivity contribution in [1.82, 2.24) is 19.6 Å². The van der Waals surface area contributed by atoms with Gasteiger partial charge in [-0.15, -0.1) is 0 Å². The van der Waals surface area contributed by atoms with Gasteiger partial charge in [0.25, 0.3) is 6.47 Å². The van der Waals surface area contributed by atoms with Crippen LogP contribution in [0.1, 0.15) is 36.2 Å². The minimum atomic E-state index is -0.250. The van der Waals surface area contributed by atoms with Crippen molar-refractivity contribution in [2.45, 2.75) is 39.8 Å². The maximum absolute atomic E-state index is 12.8. The number of rotatable bonds is 4. The fourth-order valence-corrected chi connectivity index (χ4v) is 4.88. The summed E-state index contributed by atoms with van der Waals surface area (Å²) in [7, 11) is 0. The first-order chi connectivity index (χ1) is 14.9. The molecule has 0 radical (unpaired) electrons. The Labute approximate surface area is 182 Å². The van der Waals surface area contributed by atoms with Crippen LogP contribution in [-0.4, -0.2) is 62.6 Å². The zero-order valence-electron chi connectivity index (χ0n) is 18.3. The zero-order valence-corrected chi connectivity index (χ0v) is 18.3.